The first kappa shape index (κ1) is 25.0. The number of ketones is 1. The number of ether oxygens (including phenoxy) is 4. The summed E-state index contributed by atoms with van der Waals surface area (Å²) in [5, 5.41) is 0. The molecule has 0 N–H and O–H groups in total. The van der Waals surface area contributed by atoms with E-state index in [4.69, 9.17) is 18.9 Å². The topological polar surface area (TPSA) is 74.3 Å². The molecule has 1 amide bonds. The van der Waals surface area contributed by atoms with Gasteiger partial charge < -0.3 is 23.8 Å². The summed E-state index contributed by atoms with van der Waals surface area (Å²) in [6.45, 7) is 0.885. The maximum absolute atomic E-state index is 13.5. The third kappa shape index (κ3) is 4.32. The lowest BCUT2D eigenvalue weighted by atomic mass is 9.59. The van der Waals surface area contributed by atoms with Crippen LogP contribution in [0.3, 0.4) is 0 Å². The quantitative estimate of drug-likeness (QED) is 0.422. The van der Waals surface area contributed by atoms with Crippen LogP contribution < -0.4 is 9.47 Å². The first-order chi connectivity index (χ1) is 19.0. The maximum Gasteiger partial charge on any atom is 0.410 e. The first-order valence-corrected chi connectivity index (χ1v) is 13.2. The summed E-state index contributed by atoms with van der Waals surface area (Å²) in [4.78, 5) is 28.6. The second kappa shape index (κ2) is 10.1. The highest BCUT2D eigenvalue weighted by Gasteiger charge is 2.62. The number of nitrogens with zero attached hydrogens (tertiary/aromatic N) is 1. The monoisotopic (exact) mass is 525 g/mol. The lowest BCUT2D eigenvalue weighted by Gasteiger charge is -2.43. The van der Waals surface area contributed by atoms with Gasteiger partial charge in [-0.2, -0.15) is 0 Å². The van der Waals surface area contributed by atoms with Gasteiger partial charge in [-0.25, -0.2) is 4.79 Å². The first-order valence-electron chi connectivity index (χ1n) is 13.2. The molecule has 0 unspecified atom stereocenters. The van der Waals surface area contributed by atoms with Crippen molar-refractivity contribution in [2.45, 2.75) is 37.5 Å². The van der Waals surface area contributed by atoms with E-state index in [1.165, 1.54) is 7.11 Å². The Kier molecular flexibility index (Phi) is 6.51. The van der Waals surface area contributed by atoms with E-state index in [1.54, 1.807) is 12.0 Å². The maximum atomic E-state index is 13.5. The summed E-state index contributed by atoms with van der Waals surface area (Å²) < 4.78 is 23.5. The van der Waals surface area contributed by atoms with Crippen LogP contribution in [-0.4, -0.2) is 43.6 Å². The van der Waals surface area contributed by atoms with Gasteiger partial charge in [0.25, 0.3) is 0 Å². The lowest BCUT2D eigenvalue weighted by Crippen LogP contribution is -2.46. The molecule has 2 bridgehead atoms. The number of Topliss-reactive ketones (excluding diaryl/α,β-unsaturated/α-hetero) is 1. The lowest BCUT2D eigenvalue weighted by molar-refractivity contribution is -0.120. The van der Waals surface area contributed by atoms with E-state index in [9.17, 15) is 9.59 Å². The summed E-state index contributed by atoms with van der Waals surface area (Å²) in [7, 11) is 3.14. The number of carbonyl (C=O) groups is 2. The summed E-state index contributed by atoms with van der Waals surface area (Å²) in [5.41, 5.74) is 3.27. The molecule has 1 saturated heterocycles. The zero-order valence-corrected chi connectivity index (χ0v) is 22.1. The van der Waals surface area contributed by atoms with Gasteiger partial charge in [0.15, 0.2) is 23.0 Å². The molecule has 7 heteroatoms. The minimum Gasteiger partial charge on any atom is -0.493 e. The number of carbonyl (C=O) groups excluding carboxylic acids is 2. The van der Waals surface area contributed by atoms with E-state index in [0.717, 1.165) is 22.3 Å². The summed E-state index contributed by atoms with van der Waals surface area (Å²) in [6, 6.07) is 23.3. The van der Waals surface area contributed by atoms with Gasteiger partial charge in [0.05, 0.1) is 14.2 Å². The van der Waals surface area contributed by atoms with Crippen LogP contribution in [0.1, 0.15) is 28.7 Å². The predicted octanol–water partition coefficient (Wildman–Crippen LogP) is 5.21. The molecule has 0 aromatic heterocycles. The van der Waals surface area contributed by atoms with Crippen LogP contribution in [0.4, 0.5) is 4.79 Å². The Bertz CT molecular complexity index is 1420. The van der Waals surface area contributed by atoms with Gasteiger partial charge in [-0.05, 0) is 35.3 Å². The molecule has 3 aromatic rings. The van der Waals surface area contributed by atoms with Crippen molar-refractivity contribution < 1.29 is 28.5 Å². The molecule has 1 heterocycles. The number of methoxy groups -OCH3 is 2. The third-order valence-corrected chi connectivity index (χ3v) is 8.23. The zero-order valence-electron chi connectivity index (χ0n) is 22.1. The highest BCUT2D eigenvalue weighted by Crippen LogP contribution is 2.58. The Labute approximate surface area is 227 Å². The van der Waals surface area contributed by atoms with Crippen molar-refractivity contribution in [3.05, 3.63) is 107 Å². The SMILES string of the molecule is COC1=C[C@@H]2[C@@H]3Cc4ccc(OC)c(OCc5ccccc5)c4[C@@]2(CC1=O)CN3C(=O)OCc1ccccc1. The molecular weight excluding hydrogens is 494 g/mol. The van der Waals surface area contributed by atoms with Gasteiger partial charge >= 0.3 is 6.09 Å². The molecule has 0 spiro atoms. The number of hydrogen-bond donors (Lipinski definition) is 0. The number of amides is 1. The smallest absolute Gasteiger partial charge is 0.410 e. The van der Waals surface area contributed by atoms with Crippen LogP contribution in [-0.2, 0) is 39.3 Å². The molecule has 39 heavy (non-hydrogen) atoms. The van der Waals surface area contributed by atoms with Crippen molar-refractivity contribution in [3.8, 4) is 11.5 Å². The second-order valence-electron chi connectivity index (χ2n) is 10.4. The van der Waals surface area contributed by atoms with Crippen LogP contribution in [0.15, 0.2) is 84.6 Å². The summed E-state index contributed by atoms with van der Waals surface area (Å²) in [5.74, 6) is 1.36. The van der Waals surface area contributed by atoms with Crippen molar-refractivity contribution in [2.24, 2.45) is 5.92 Å². The van der Waals surface area contributed by atoms with Crippen LogP contribution in [0, 0.1) is 5.92 Å². The minimum atomic E-state index is -0.677. The zero-order chi connectivity index (χ0) is 27.0. The molecule has 0 radical (unpaired) electrons. The molecule has 3 aliphatic rings. The Morgan fingerprint density at radius 1 is 0.923 bits per heavy atom. The predicted molar refractivity (Wildman–Crippen MR) is 144 cm³/mol. The van der Waals surface area contributed by atoms with Crippen molar-refractivity contribution >= 4 is 11.9 Å². The van der Waals surface area contributed by atoms with Gasteiger partial charge in [0.2, 0.25) is 0 Å². The molecular formula is C32H31NO6. The van der Waals surface area contributed by atoms with Gasteiger partial charge in [-0.1, -0.05) is 66.7 Å². The molecule has 6 rings (SSSR count). The highest BCUT2D eigenvalue weighted by atomic mass is 16.6. The van der Waals surface area contributed by atoms with E-state index in [-0.39, 0.29) is 36.9 Å². The number of rotatable bonds is 7. The van der Waals surface area contributed by atoms with Gasteiger partial charge in [-0.3, -0.25) is 4.79 Å². The number of fused-ring (bicyclic) bond motifs is 1. The number of allylic oxidation sites excluding steroid dienone is 1. The fourth-order valence-corrected chi connectivity index (χ4v) is 6.50. The third-order valence-electron chi connectivity index (χ3n) is 8.23. The molecule has 200 valence electrons. The average Bonchev–Trinajstić information content (AvgIpc) is 3.20. The van der Waals surface area contributed by atoms with Crippen molar-refractivity contribution in [1.29, 1.82) is 0 Å². The normalized spacial score (nSPS) is 22.9. The standard InChI is InChI=1S/C32H31NO6/c1-36-27-14-13-23-15-25-24-16-28(37-2)26(34)17-32(24,29(23)30(27)38-18-21-9-5-3-6-10-21)20-33(25)31(35)39-19-22-11-7-4-8-12-22/h3-14,16,24-25H,15,17-20H2,1-2H3/t24-,25+,32+/m1/s1. The Hall–Kier alpha value is -4.26. The molecule has 1 fully saturated rings. The van der Waals surface area contributed by atoms with Gasteiger partial charge in [-0.15, -0.1) is 0 Å². The Morgan fingerprint density at radius 2 is 1.62 bits per heavy atom. The Balaban J connectivity index is 1.39. The molecule has 7 nitrogen and oxygen atoms in total. The van der Waals surface area contributed by atoms with E-state index >= 15 is 0 Å². The fraction of sp³-hybridized carbons (Fsp3) is 0.312. The van der Waals surface area contributed by atoms with Crippen LogP contribution in [0.5, 0.6) is 11.5 Å². The molecule has 0 saturated carbocycles. The Morgan fingerprint density at radius 3 is 2.28 bits per heavy atom. The van der Waals surface area contributed by atoms with Crippen LogP contribution in [0.25, 0.3) is 0 Å². The van der Waals surface area contributed by atoms with E-state index in [1.807, 2.05) is 78.9 Å². The van der Waals surface area contributed by atoms with Crippen LogP contribution in [0.2, 0.25) is 0 Å². The van der Waals surface area contributed by atoms with Crippen molar-refractivity contribution in [2.75, 3.05) is 20.8 Å². The van der Waals surface area contributed by atoms with Gasteiger partial charge in [0.1, 0.15) is 13.2 Å². The van der Waals surface area contributed by atoms with E-state index < -0.39 is 5.41 Å². The molecule has 3 atom stereocenters. The highest BCUT2D eigenvalue weighted by molar-refractivity contribution is 5.96. The fourth-order valence-electron chi connectivity index (χ4n) is 6.50. The summed E-state index contributed by atoms with van der Waals surface area (Å²) >= 11 is 0. The summed E-state index contributed by atoms with van der Waals surface area (Å²) in [6.07, 6.45) is 2.34. The van der Waals surface area contributed by atoms with Crippen molar-refractivity contribution in [3.63, 3.8) is 0 Å². The van der Waals surface area contributed by atoms with Gasteiger partial charge in [0, 0.05) is 35.9 Å². The van der Waals surface area contributed by atoms with Crippen LogP contribution >= 0.6 is 0 Å². The molecule has 3 aromatic carbocycles. The minimum absolute atomic E-state index is 0.0864. The number of benzene rings is 3. The van der Waals surface area contributed by atoms with Crippen molar-refractivity contribution in [1.82, 2.24) is 4.90 Å². The van der Waals surface area contributed by atoms with E-state index in [0.29, 0.717) is 36.8 Å². The number of hydrogen-bond acceptors (Lipinski definition) is 6. The largest absolute Gasteiger partial charge is 0.493 e. The van der Waals surface area contributed by atoms with E-state index in [2.05, 4.69) is 0 Å². The second-order valence-corrected chi connectivity index (χ2v) is 10.4. The average molecular weight is 526 g/mol. The molecule has 2 aliphatic carbocycles. The number of likely N-dealkylation sites (tertiary alicyclic amines) is 1. The molecule has 1 aliphatic heterocycles.